The second-order valence-corrected chi connectivity index (χ2v) is 4.78. The van der Waals surface area contributed by atoms with Gasteiger partial charge in [0, 0.05) is 25.9 Å². The minimum atomic E-state index is -1.01. The first-order valence-electron chi connectivity index (χ1n) is 5.76. The van der Waals surface area contributed by atoms with E-state index < -0.39 is 12.0 Å². The predicted octanol–water partition coefficient (Wildman–Crippen LogP) is 0.910. The van der Waals surface area contributed by atoms with E-state index in [9.17, 15) is 9.59 Å². The highest BCUT2D eigenvalue weighted by atomic mass is 16.4. The second kappa shape index (κ2) is 5.20. The van der Waals surface area contributed by atoms with Gasteiger partial charge in [-0.25, -0.2) is 4.79 Å². The van der Waals surface area contributed by atoms with Crippen LogP contribution in [0.1, 0.15) is 29.9 Å². The molecule has 6 heteroatoms. The molecule has 1 atom stereocenters. The van der Waals surface area contributed by atoms with Crippen molar-refractivity contribution in [2.75, 3.05) is 7.05 Å². The van der Waals surface area contributed by atoms with Gasteiger partial charge in [0.15, 0.2) is 5.69 Å². The Balaban J connectivity index is 3.03. The standard InChI is InChI=1S/C12H19N3O3/c1-7(2)10(12(17)18)15(5)11(16)9-8(3)6-14(4)13-9/h6-7,10H,1-5H3,(H,17,18). The number of carbonyl (C=O) groups excluding carboxylic acids is 1. The van der Waals surface area contributed by atoms with Crippen molar-refractivity contribution in [3.05, 3.63) is 17.5 Å². The summed E-state index contributed by atoms with van der Waals surface area (Å²) in [6.07, 6.45) is 1.73. The van der Waals surface area contributed by atoms with E-state index in [1.807, 2.05) is 0 Å². The maximum Gasteiger partial charge on any atom is 0.326 e. The normalized spacial score (nSPS) is 12.6. The summed E-state index contributed by atoms with van der Waals surface area (Å²) >= 11 is 0. The summed E-state index contributed by atoms with van der Waals surface area (Å²) in [6.45, 7) is 5.32. The maximum atomic E-state index is 12.2. The Morgan fingerprint density at radius 1 is 1.44 bits per heavy atom. The van der Waals surface area contributed by atoms with Crippen molar-refractivity contribution in [3.63, 3.8) is 0 Å². The molecule has 0 spiro atoms. The minimum Gasteiger partial charge on any atom is -0.480 e. The fourth-order valence-electron chi connectivity index (χ4n) is 2.01. The van der Waals surface area contributed by atoms with Crippen LogP contribution in [0.3, 0.4) is 0 Å². The molecule has 6 nitrogen and oxygen atoms in total. The van der Waals surface area contributed by atoms with Crippen LogP contribution in [0.15, 0.2) is 6.20 Å². The SMILES string of the molecule is Cc1cn(C)nc1C(=O)N(C)C(C(=O)O)C(C)C. The van der Waals surface area contributed by atoms with E-state index in [2.05, 4.69) is 5.10 Å². The molecule has 1 aromatic rings. The molecular formula is C12H19N3O3. The van der Waals surface area contributed by atoms with E-state index in [0.717, 1.165) is 5.56 Å². The molecule has 0 aliphatic rings. The maximum absolute atomic E-state index is 12.2. The topological polar surface area (TPSA) is 75.4 Å². The number of carboxylic acids is 1. The van der Waals surface area contributed by atoms with Crippen LogP contribution >= 0.6 is 0 Å². The summed E-state index contributed by atoms with van der Waals surface area (Å²) in [5.74, 6) is -1.54. The molecule has 0 aromatic carbocycles. The number of aryl methyl sites for hydroxylation is 2. The van der Waals surface area contributed by atoms with Crippen LogP contribution in [0.25, 0.3) is 0 Å². The molecule has 100 valence electrons. The quantitative estimate of drug-likeness (QED) is 0.865. The Morgan fingerprint density at radius 2 is 2.00 bits per heavy atom. The second-order valence-electron chi connectivity index (χ2n) is 4.78. The minimum absolute atomic E-state index is 0.166. The molecule has 0 saturated heterocycles. The van der Waals surface area contributed by atoms with Crippen molar-refractivity contribution in [2.45, 2.75) is 26.8 Å². The first kappa shape index (κ1) is 14.2. The number of carboxylic acid groups (broad SMARTS) is 1. The number of aromatic nitrogens is 2. The molecule has 0 aliphatic heterocycles. The highest BCUT2D eigenvalue weighted by Crippen LogP contribution is 2.14. The molecule has 1 heterocycles. The van der Waals surface area contributed by atoms with Gasteiger partial charge in [-0.1, -0.05) is 13.8 Å². The van der Waals surface area contributed by atoms with E-state index in [-0.39, 0.29) is 11.8 Å². The number of amides is 1. The summed E-state index contributed by atoms with van der Waals surface area (Å²) in [7, 11) is 3.22. The van der Waals surface area contributed by atoms with Crippen molar-refractivity contribution < 1.29 is 14.7 Å². The van der Waals surface area contributed by atoms with Crippen LogP contribution in [-0.2, 0) is 11.8 Å². The smallest absolute Gasteiger partial charge is 0.326 e. The van der Waals surface area contributed by atoms with Gasteiger partial charge in [0.25, 0.3) is 5.91 Å². The van der Waals surface area contributed by atoms with Crippen LogP contribution in [-0.4, -0.2) is 44.8 Å². The third-order valence-electron chi connectivity index (χ3n) is 2.84. The lowest BCUT2D eigenvalue weighted by Gasteiger charge is -2.27. The summed E-state index contributed by atoms with van der Waals surface area (Å²) in [4.78, 5) is 24.6. The fourth-order valence-corrected chi connectivity index (χ4v) is 2.01. The molecular weight excluding hydrogens is 234 g/mol. The first-order chi connectivity index (χ1) is 8.25. The lowest BCUT2D eigenvalue weighted by Crippen LogP contribution is -2.46. The van der Waals surface area contributed by atoms with Gasteiger partial charge in [0.05, 0.1) is 0 Å². The zero-order valence-electron chi connectivity index (χ0n) is 11.3. The van der Waals surface area contributed by atoms with E-state index in [4.69, 9.17) is 5.11 Å². The van der Waals surface area contributed by atoms with Crippen LogP contribution in [0.2, 0.25) is 0 Å². The Bertz CT molecular complexity index is 465. The van der Waals surface area contributed by atoms with Crippen LogP contribution in [0.4, 0.5) is 0 Å². The number of rotatable bonds is 4. The van der Waals surface area contributed by atoms with Crippen molar-refractivity contribution in [3.8, 4) is 0 Å². The highest BCUT2D eigenvalue weighted by Gasteiger charge is 2.31. The zero-order chi connectivity index (χ0) is 14.0. The average Bonchev–Trinajstić information content (AvgIpc) is 2.55. The van der Waals surface area contributed by atoms with Gasteiger partial charge in [0.2, 0.25) is 0 Å². The first-order valence-corrected chi connectivity index (χ1v) is 5.76. The Hall–Kier alpha value is -1.85. The molecule has 1 amide bonds. The monoisotopic (exact) mass is 253 g/mol. The number of likely N-dealkylation sites (N-methyl/N-ethyl adjacent to an activating group) is 1. The number of carbonyl (C=O) groups is 2. The summed E-state index contributed by atoms with van der Waals surface area (Å²) in [5, 5.41) is 13.2. The van der Waals surface area contributed by atoms with Crippen LogP contribution in [0.5, 0.6) is 0 Å². The van der Waals surface area contributed by atoms with Gasteiger partial charge in [-0.3, -0.25) is 9.48 Å². The molecule has 1 N–H and O–H groups in total. The molecule has 1 aromatic heterocycles. The molecule has 0 saturated carbocycles. The summed E-state index contributed by atoms with van der Waals surface area (Å²) < 4.78 is 1.54. The van der Waals surface area contributed by atoms with Gasteiger partial charge in [-0.15, -0.1) is 0 Å². The van der Waals surface area contributed by atoms with Gasteiger partial charge in [-0.2, -0.15) is 5.10 Å². The molecule has 0 fully saturated rings. The largest absolute Gasteiger partial charge is 0.480 e. The molecule has 0 radical (unpaired) electrons. The van der Waals surface area contributed by atoms with Crippen molar-refractivity contribution >= 4 is 11.9 Å². The van der Waals surface area contributed by atoms with Gasteiger partial charge >= 0.3 is 5.97 Å². The van der Waals surface area contributed by atoms with Gasteiger partial charge in [0.1, 0.15) is 6.04 Å². The molecule has 1 unspecified atom stereocenters. The number of hydrogen-bond acceptors (Lipinski definition) is 3. The number of aliphatic carboxylic acids is 1. The molecule has 1 rings (SSSR count). The lowest BCUT2D eigenvalue weighted by molar-refractivity contribution is -0.143. The predicted molar refractivity (Wildman–Crippen MR) is 66.3 cm³/mol. The van der Waals surface area contributed by atoms with E-state index in [1.165, 1.54) is 11.9 Å². The summed E-state index contributed by atoms with van der Waals surface area (Å²) in [6, 6.07) is -0.848. The van der Waals surface area contributed by atoms with Gasteiger partial charge < -0.3 is 10.0 Å². The van der Waals surface area contributed by atoms with E-state index >= 15 is 0 Å². The summed E-state index contributed by atoms with van der Waals surface area (Å²) in [5.41, 5.74) is 1.04. The molecule has 0 aliphatic carbocycles. The Morgan fingerprint density at radius 3 is 2.33 bits per heavy atom. The third-order valence-corrected chi connectivity index (χ3v) is 2.84. The Kier molecular flexibility index (Phi) is 4.11. The average molecular weight is 253 g/mol. The van der Waals surface area contributed by atoms with Crippen molar-refractivity contribution in [1.82, 2.24) is 14.7 Å². The molecule has 18 heavy (non-hydrogen) atoms. The van der Waals surface area contributed by atoms with Crippen LogP contribution < -0.4 is 0 Å². The fraction of sp³-hybridized carbons (Fsp3) is 0.583. The van der Waals surface area contributed by atoms with Crippen molar-refractivity contribution in [1.29, 1.82) is 0 Å². The van der Waals surface area contributed by atoms with Crippen LogP contribution in [0, 0.1) is 12.8 Å². The van der Waals surface area contributed by atoms with Gasteiger partial charge in [-0.05, 0) is 12.8 Å². The lowest BCUT2D eigenvalue weighted by atomic mass is 10.0. The third kappa shape index (κ3) is 2.69. The zero-order valence-corrected chi connectivity index (χ0v) is 11.3. The highest BCUT2D eigenvalue weighted by molar-refractivity contribution is 5.96. The van der Waals surface area contributed by atoms with E-state index in [0.29, 0.717) is 5.69 Å². The number of nitrogens with zero attached hydrogens (tertiary/aromatic N) is 3. The number of hydrogen-bond donors (Lipinski definition) is 1. The Labute approximate surface area is 106 Å². The van der Waals surface area contributed by atoms with E-state index in [1.54, 1.807) is 38.7 Å². The molecule has 0 bridgehead atoms. The van der Waals surface area contributed by atoms with Crippen molar-refractivity contribution in [2.24, 2.45) is 13.0 Å².